The Balaban J connectivity index is 1.58. The molecule has 1 amide bonds. The monoisotopic (exact) mass is 555 g/mol. The highest BCUT2D eigenvalue weighted by atomic mass is 31.2. The molecule has 0 unspecified atom stereocenters. The second kappa shape index (κ2) is 13.6. The number of amides is 1. The maximum Gasteiger partial charge on any atom is 0.469 e. The number of aryl methyl sites for hydroxylation is 1. The van der Waals surface area contributed by atoms with Gasteiger partial charge in [-0.05, 0) is 26.8 Å². The number of ether oxygens (including phenoxy) is 4. The largest absolute Gasteiger partial charge is 0.489 e. The molecule has 15 heteroatoms. The molecule has 3 heterocycles. The van der Waals surface area contributed by atoms with Crippen LogP contribution in [-0.4, -0.2) is 81.4 Å². The average molecular weight is 556 g/mol. The summed E-state index contributed by atoms with van der Waals surface area (Å²) in [5.74, 6) is 1.37. The number of nitrogens with zero attached hydrogens (tertiary/aromatic N) is 4. The number of anilines is 2. The number of nitrogens with one attached hydrogen (secondary N) is 1. The summed E-state index contributed by atoms with van der Waals surface area (Å²) in [5.41, 5.74) is 1.28. The zero-order chi connectivity index (χ0) is 27.7. The van der Waals surface area contributed by atoms with Crippen LogP contribution in [0.25, 0.3) is 0 Å². The van der Waals surface area contributed by atoms with Gasteiger partial charge in [-0.15, -0.1) is 0 Å². The lowest BCUT2D eigenvalue weighted by molar-refractivity contribution is 0.0500. The first kappa shape index (κ1) is 29.4. The number of rotatable bonds is 12. The van der Waals surface area contributed by atoms with E-state index in [1.165, 1.54) is 13.4 Å². The van der Waals surface area contributed by atoms with Gasteiger partial charge < -0.3 is 39.0 Å². The molecule has 1 fully saturated rings. The van der Waals surface area contributed by atoms with E-state index in [4.69, 9.17) is 28.7 Å². The molecule has 0 radical (unpaired) electrons. The van der Waals surface area contributed by atoms with E-state index in [9.17, 15) is 9.36 Å². The van der Waals surface area contributed by atoms with Crippen LogP contribution in [0.15, 0.2) is 18.5 Å². The third-order valence-electron chi connectivity index (χ3n) is 5.40. The number of hydrogen-bond acceptors (Lipinski definition) is 11. The molecule has 0 bridgehead atoms. The molecule has 210 valence electrons. The van der Waals surface area contributed by atoms with Crippen molar-refractivity contribution in [2.75, 3.05) is 38.7 Å². The van der Waals surface area contributed by atoms with E-state index in [0.717, 1.165) is 0 Å². The van der Waals surface area contributed by atoms with Crippen molar-refractivity contribution in [1.82, 2.24) is 19.9 Å². The van der Waals surface area contributed by atoms with Crippen LogP contribution < -0.4 is 19.5 Å². The third-order valence-corrected chi connectivity index (χ3v) is 5.92. The maximum atomic E-state index is 12.1. The summed E-state index contributed by atoms with van der Waals surface area (Å²) in [6, 6.07) is 3.42. The van der Waals surface area contributed by atoms with Crippen LogP contribution in [0.2, 0.25) is 0 Å². The predicted octanol–water partition coefficient (Wildman–Crippen LogP) is 3.20. The second-order valence-corrected chi connectivity index (χ2v) is 9.97. The summed E-state index contributed by atoms with van der Waals surface area (Å²) in [7, 11) is -2.99. The van der Waals surface area contributed by atoms with Crippen LogP contribution in [0.1, 0.15) is 38.8 Å². The van der Waals surface area contributed by atoms with E-state index < -0.39 is 7.82 Å². The summed E-state index contributed by atoms with van der Waals surface area (Å²) < 4.78 is 37.5. The molecule has 1 aliphatic heterocycles. The van der Waals surface area contributed by atoms with Crippen LogP contribution in [0, 0.1) is 6.92 Å². The fourth-order valence-electron chi connectivity index (χ4n) is 3.60. The Labute approximate surface area is 220 Å². The van der Waals surface area contributed by atoms with E-state index in [0.29, 0.717) is 54.8 Å². The number of carbonyl (C=O) groups excluding carboxylic acids is 1. The van der Waals surface area contributed by atoms with Crippen LogP contribution in [0.3, 0.4) is 0 Å². The number of carbonyl (C=O) groups is 1. The Hall–Kier alpha value is -3.19. The molecule has 1 aliphatic rings. The number of pyridine rings is 1. The van der Waals surface area contributed by atoms with E-state index >= 15 is 0 Å². The molecule has 0 aromatic carbocycles. The van der Waals surface area contributed by atoms with Crippen molar-refractivity contribution in [3.8, 4) is 17.5 Å². The first-order valence-corrected chi connectivity index (χ1v) is 13.7. The Kier molecular flexibility index (Phi) is 10.5. The molecule has 2 aromatic heterocycles. The van der Waals surface area contributed by atoms with E-state index in [-0.39, 0.29) is 43.8 Å². The van der Waals surface area contributed by atoms with Crippen LogP contribution >= 0.6 is 7.82 Å². The standard InChI is InChI=1S/C23H34N5O9P/c1-15(2)36-23(29)28-10-8-17(9-11-28)37-22-20(33-4)21(24-14-25-22)27-18-6-7-19(26-16(18)3)34-12-5-13-35-38(30,31)32/h6-7,14-15,17H,5,8-13H2,1-4H3,(H,24,25,27)(H2,30,31,32). The number of aromatic nitrogens is 3. The van der Waals surface area contributed by atoms with Gasteiger partial charge in [0.05, 0.1) is 37.8 Å². The lowest BCUT2D eigenvalue weighted by Gasteiger charge is -2.31. The van der Waals surface area contributed by atoms with Crippen molar-refractivity contribution < 1.29 is 42.6 Å². The summed E-state index contributed by atoms with van der Waals surface area (Å²) >= 11 is 0. The highest BCUT2D eigenvalue weighted by molar-refractivity contribution is 7.46. The van der Waals surface area contributed by atoms with E-state index in [2.05, 4.69) is 24.8 Å². The molecule has 14 nitrogen and oxygen atoms in total. The normalized spacial score (nSPS) is 14.3. The molecule has 3 N–H and O–H groups in total. The minimum atomic E-state index is -4.49. The van der Waals surface area contributed by atoms with E-state index in [1.807, 2.05) is 13.8 Å². The maximum absolute atomic E-state index is 12.1. The molecule has 0 spiro atoms. The molecular formula is C23H34N5O9P. The van der Waals surface area contributed by atoms with Gasteiger partial charge >= 0.3 is 13.9 Å². The molecule has 0 aliphatic carbocycles. The first-order chi connectivity index (χ1) is 18.1. The van der Waals surface area contributed by atoms with Crippen molar-refractivity contribution >= 4 is 25.4 Å². The Bertz CT molecular complexity index is 1120. The predicted molar refractivity (Wildman–Crippen MR) is 136 cm³/mol. The summed E-state index contributed by atoms with van der Waals surface area (Å²) in [4.78, 5) is 44.1. The zero-order valence-electron chi connectivity index (χ0n) is 21.8. The van der Waals surface area contributed by atoms with Gasteiger partial charge in [0.1, 0.15) is 12.4 Å². The summed E-state index contributed by atoms with van der Waals surface area (Å²) in [6.07, 6.45) is 2.26. The lowest BCUT2D eigenvalue weighted by atomic mass is 10.1. The highest BCUT2D eigenvalue weighted by Crippen LogP contribution is 2.36. The molecule has 38 heavy (non-hydrogen) atoms. The van der Waals surface area contributed by atoms with Crippen molar-refractivity contribution in [3.63, 3.8) is 0 Å². The fourth-order valence-corrected chi connectivity index (χ4v) is 3.97. The third kappa shape index (κ3) is 8.98. The number of likely N-dealkylation sites (tertiary alicyclic amines) is 1. The minimum absolute atomic E-state index is 0.134. The van der Waals surface area contributed by atoms with Crippen LogP contribution in [0.4, 0.5) is 16.3 Å². The SMILES string of the molecule is COc1c(Nc2ccc(OCCCOP(=O)(O)O)nc2C)ncnc1OC1CCN(C(=O)OC(C)C)CC1. The van der Waals surface area contributed by atoms with Gasteiger partial charge in [-0.2, -0.15) is 4.98 Å². The number of methoxy groups -OCH3 is 1. The van der Waals surface area contributed by atoms with Gasteiger partial charge in [-0.25, -0.2) is 19.3 Å². The van der Waals surface area contributed by atoms with Gasteiger partial charge in [-0.3, -0.25) is 4.52 Å². The summed E-state index contributed by atoms with van der Waals surface area (Å²) in [5, 5.41) is 3.18. The van der Waals surface area contributed by atoms with Crippen molar-refractivity contribution in [1.29, 1.82) is 0 Å². The topological polar surface area (TPSA) is 175 Å². The van der Waals surface area contributed by atoms with Crippen LogP contribution in [0.5, 0.6) is 17.5 Å². The van der Waals surface area contributed by atoms with Crippen molar-refractivity contribution in [2.45, 2.75) is 52.2 Å². The number of phosphoric acid groups is 1. The molecule has 0 saturated carbocycles. The Morgan fingerprint density at radius 3 is 2.58 bits per heavy atom. The molecule has 3 rings (SSSR count). The van der Waals surface area contributed by atoms with Gasteiger partial charge in [0.2, 0.25) is 11.6 Å². The number of hydrogen-bond donors (Lipinski definition) is 3. The van der Waals surface area contributed by atoms with Crippen molar-refractivity contribution in [3.05, 3.63) is 24.2 Å². The second-order valence-electron chi connectivity index (χ2n) is 8.73. The first-order valence-electron chi connectivity index (χ1n) is 12.1. The molecular weight excluding hydrogens is 521 g/mol. The number of piperidine rings is 1. The van der Waals surface area contributed by atoms with E-state index in [1.54, 1.807) is 24.0 Å². The Morgan fingerprint density at radius 1 is 1.21 bits per heavy atom. The zero-order valence-corrected chi connectivity index (χ0v) is 22.7. The number of phosphoric ester groups is 1. The summed E-state index contributed by atoms with van der Waals surface area (Å²) in [6.45, 7) is 6.50. The molecule has 0 atom stereocenters. The van der Waals surface area contributed by atoms with Gasteiger partial charge in [-0.1, -0.05) is 0 Å². The average Bonchev–Trinajstić information content (AvgIpc) is 2.85. The van der Waals surface area contributed by atoms with Crippen molar-refractivity contribution in [2.24, 2.45) is 0 Å². The van der Waals surface area contributed by atoms with Crippen LogP contribution in [-0.2, 0) is 13.8 Å². The van der Waals surface area contributed by atoms with Gasteiger partial charge in [0.25, 0.3) is 5.88 Å². The lowest BCUT2D eigenvalue weighted by Crippen LogP contribution is -2.42. The smallest absolute Gasteiger partial charge is 0.469 e. The van der Waals surface area contributed by atoms with Gasteiger partial charge in [0, 0.05) is 38.4 Å². The highest BCUT2D eigenvalue weighted by Gasteiger charge is 2.27. The minimum Gasteiger partial charge on any atom is -0.489 e. The molecule has 2 aromatic rings. The molecule has 1 saturated heterocycles. The Morgan fingerprint density at radius 2 is 1.95 bits per heavy atom. The quantitative estimate of drug-likeness (QED) is 0.257. The van der Waals surface area contributed by atoms with Gasteiger partial charge in [0.15, 0.2) is 5.82 Å². The fraction of sp³-hybridized carbons (Fsp3) is 0.565.